The molecule has 0 saturated carbocycles. The van der Waals surface area contributed by atoms with E-state index in [4.69, 9.17) is 0 Å². The molecule has 7 rings (SSSR count). The molecule has 14 heteroatoms. The number of nitrogens with zero attached hydrogens (tertiary/aromatic N) is 4. The molecular weight excluding hydrogens is 767 g/mol. The van der Waals surface area contributed by atoms with Crippen molar-refractivity contribution in [1.29, 1.82) is 0 Å². The lowest BCUT2D eigenvalue weighted by Crippen LogP contribution is -2.55. The van der Waals surface area contributed by atoms with Gasteiger partial charge in [0, 0.05) is 49.0 Å². The van der Waals surface area contributed by atoms with Gasteiger partial charge in [0.1, 0.15) is 23.7 Å². The molecule has 2 saturated heterocycles. The summed E-state index contributed by atoms with van der Waals surface area (Å²) < 4.78 is 34.7. The van der Waals surface area contributed by atoms with E-state index in [1.807, 2.05) is 49.6 Å². The molecule has 4 amide bonds. The number of hydrogen-bond donors (Lipinski definition) is 4. The molecule has 2 aromatic heterocycles. The standard InChI is InChI=1S/C46H62F2N8O4/c1-25(2)39(51-43(57)27(5)49-7)45(59)53-17-9-11-31(53)23-35-33-15-13-29(47)21-37(33)55-19-20-56-38-22-30(48)14-16-34(38)36(42(56)41(35)55)24-32-12-10-18-54(32)46(60)40(26(3)4)52-44(58)28(6)50-8/h13-16,21-22,25-28,31-32,39-40,49-50H,9-12,17-20,23-24H2,1-8H3,(H,51,57)(H,52,58). The minimum atomic E-state index is -0.695. The number of nitrogens with one attached hydrogen (secondary N) is 4. The smallest absolute Gasteiger partial charge is 0.245 e. The topological polar surface area (TPSA) is 133 Å². The molecule has 6 unspecified atom stereocenters. The second-order valence-corrected chi connectivity index (χ2v) is 17.8. The highest BCUT2D eigenvalue weighted by atomic mass is 19.1. The number of carbonyl (C=O) groups excluding carboxylic acids is 4. The minimum absolute atomic E-state index is 0.111. The Morgan fingerprint density at radius 3 is 1.35 bits per heavy atom. The summed E-state index contributed by atoms with van der Waals surface area (Å²) >= 11 is 0. The van der Waals surface area contributed by atoms with Crippen molar-refractivity contribution in [1.82, 2.24) is 40.2 Å². The first-order valence-corrected chi connectivity index (χ1v) is 21.8. The number of likely N-dealkylation sites (tertiary alicyclic amines) is 2. The molecule has 4 aromatic rings. The summed E-state index contributed by atoms with van der Waals surface area (Å²) in [6.45, 7) is 13.5. The molecule has 0 spiro atoms. The summed E-state index contributed by atoms with van der Waals surface area (Å²) in [5.41, 5.74) is 5.37. The molecule has 4 N–H and O–H groups in total. The molecule has 3 aliphatic heterocycles. The Bertz CT molecular complexity index is 2120. The quantitative estimate of drug-likeness (QED) is 0.140. The van der Waals surface area contributed by atoms with E-state index >= 15 is 8.78 Å². The van der Waals surface area contributed by atoms with Crippen LogP contribution in [0.1, 0.15) is 78.4 Å². The number of fused-ring (bicyclic) bond motifs is 7. The van der Waals surface area contributed by atoms with E-state index in [1.54, 1.807) is 40.1 Å². The zero-order valence-corrected chi connectivity index (χ0v) is 36.3. The van der Waals surface area contributed by atoms with Crippen LogP contribution in [0.2, 0.25) is 0 Å². The lowest BCUT2D eigenvalue weighted by atomic mass is 9.94. The highest BCUT2D eigenvalue weighted by Crippen LogP contribution is 2.45. The van der Waals surface area contributed by atoms with Crippen LogP contribution in [0, 0.1) is 23.5 Å². The fourth-order valence-electron chi connectivity index (χ4n) is 9.76. The van der Waals surface area contributed by atoms with E-state index in [2.05, 4.69) is 30.4 Å². The number of aromatic nitrogens is 2. The van der Waals surface area contributed by atoms with Crippen LogP contribution in [-0.2, 0) is 45.1 Å². The lowest BCUT2D eigenvalue weighted by Gasteiger charge is -2.32. The second-order valence-electron chi connectivity index (χ2n) is 17.8. The predicted octanol–water partition coefficient (Wildman–Crippen LogP) is 5.12. The zero-order chi connectivity index (χ0) is 43.2. The lowest BCUT2D eigenvalue weighted by molar-refractivity contribution is -0.138. The first kappa shape index (κ1) is 43.3. The van der Waals surface area contributed by atoms with Gasteiger partial charge in [-0.3, -0.25) is 19.2 Å². The second kappa shape index (κ2) is 17.6. The Kier molecular flexibility index (Phi) is 12.7. The highest BCUT2D eigenvalue weighted by molar-refractivity contribution is 5.98. The van der Waals surface area contributed by atoms with Gasteiger partial charge in [-0.15, -0.1) is 0 Å². The highest BCUT2D eigenvalue weighted by Gasteiger charge is 2.40. The third kappa shape index (κ3) is 8.04. The first-order chi connectivity index (χ1) is 28.6. The molecule has 2 fully saturated rings. The van der Waals surface area contributed by atoms with Gasteiger partial charge in [-0.1, -0.05) is 27.7 Å². The molecular formula is C46H62F2N8O4. The Hall–Kier alpha value is -4.82. The summed E-state index contributed by atoms with van der Waals surface area (Å²) in [7, 11) is 3.42. The van der Waals surface area contributed by atoms with Crippen molar-refractivity contribution < 1.29 is 28.0 Å². The minimum Gasteiger partial charge on any atom is -0.343 e. The van der Waals surface area contributed by atoms with Crippen LogP contribution in [0.3, 0.4) is 0 Å². The maximum Gasteiger partial charge on any atom is 0.245 e. The van der Waals surface area contributed by atoms with E-state index in [1.165, 1.54) is 12.1 Å². The van der Waals surface area contributed by atoms with Gasteiger partial charge >= 0.3 is 0 Å². The predicted molar refractivity (Wildman–Crippen MR) is 230 cm³/mol. The Morgan fingerprint density at radius 1 is 0.617 bits per heavy atom. The van der Waals surface area contributed by atoms with Crippen molar-refractivity contribution in [3.05, 3.63) is 59.2 Å². The van der Waals surface area contributed by atoms with Gasteiger partial charge in [0.15, 0.2) is 0 Å². The largest absolute Gasteiger partial charge is 0.343 e. The number of carbonyl (C=O) groups is 4. The fraction of sp³-hybridized carbons (Fsp3) is 0.565. The molecule has 2 aromatic carbocycles. The maximum absolute atomic E-state index is 15.2. The van der Waals surface area contributed by atoms with E-state index in [9.17, 15) is 19.2 Å². The fourth-order valence-corrected chi connectivity index (χ4v) is 9.76. The van der Waals surface area contributed by atoms with Gasteiger partial charge in [-0.05, 0) is 126 Å². The summed E-state index contributed by atoms with van der Waals surface area (Å²) in [6, 6.07) is 7.15. The molecule has 3 aliphatic rings. The zero-order valence-electron chi connectivity index (χ0n) is 36.3. The normalized spacial score (nSPS) is 19.8. The van der Waals surface area contributed by atoms with Crippen LogP contribution in [0.4, 0.5) is 8.78 Å². The Labute approximate surface area is 351 Å². The Balaban J connectivity index is 1.30. The average Bonchev–Trinajstić information content (AvgIpc) is 4.02. The van der Waals surface area contributed by atoms with Crippen LogP contribution in [0.5, 0.6) is 0 Å². The third-order valence-electron chi connectivity index (χ3n) is 13.3. The van der Waals surface area contributed by atoms with Crippen LogP contribution >= 0.6 is 0 Å². The molecule has 60 heavy (non-hydrogen) atoms. The van der Waals surface area contributed by atoms with Crippen molar-refractivity contribution in [3.8, 4) is 11.4 Å². The van der Waals surface area contributed by atoms with Crippen molar-refractivity contribution in [2.45, 2.75) is 129 Å². The van der Waals surface area contributed by atoms with E-state index in [-0.39, 0.29) is 59.2 Å². The SMILES string of the molecule is CNC(C)C(=O)NC(C(=O)N1CCCC1Cc1c2n(c3cc(F)ccc13)CCn1c-2c(CC2CCCN2C(=O)C(NC(=O)C(C)NC)C(C)C)c2ccc(F)cc21)C(C)C. The molecule has 0 radical (unpaired) electrons. The van der Waals surface area contributed by atoms with Crippen LogP contribution in [0.25, 0.3) is 33.2 Å². The van der Waals surface area contributed by atoms with Gasteiger partial charge in [0.2, 0.25) is 23.6 Å². The van der Waals surface area contributed by atoms with Crippen LogP contribution < -0.4 is 21.3 Å². The van der Waals surface area contributed by atoms with Crippen LogP contribution in [0.15, 0.2) is 36.4 Å². The molecule has 324 valence electrons. The van der Waals surface area contributed by atoms with Crippen molar-refractivity contribution >= 4 is 45.4 Å². The van der Waals surface area contributed by atoms with Gasteiger partial charge in [-0.25, -0.2) is 8.78 Å². The molecule has 5 heterocycles. The monoisotopic (exact) mass is 828 g/mol. The Morgan fingerprint density at radius 2 is 1.00 bits per heavy atom. The summed E-state index contributed by atoms with van der Waals surface area (Å²) in [5.74, 6) is -1.65. The van der Waals surface area contributed by atoms with Crippen LogP contribution in [-0.4, -0.2) is 106 Å². The number of benzene rings is 2. The van der Waals surface area contributed by atoms with Gasteiger partial charge in [0.05, 0.1) is 34.5 Å². The maximum atomic E-state index is 15.2. The summed E-state index contributed by atoms with van der Waals surface area (Å²) in [6.07, 6.45) is 4.18. The number of rotatable bonds is 14. The third-order valence-corrected chi connectivity index (χ3v) is 13.3. The molecule has 6 atom stereocenters. The van der Waals surface area contributed by atoms with E-state index in [0.29, 0.717) is 39.0 Å². The number of hydrogen-bond acceptors (Lipinski definition) is 6. The number of halogens is 2. The van der Waals surface area contributed by atoms with Gasteiger partial charge in [-0.2, -0.15) is 0 Å². The first-order valence-electron chi connectivity index (χ1n) is 21.8. The number of amides is 4. The van der Waals surface area contributed by atoms with Crippen molar-refractivity contribution in [3.63, 3.8) is 0 Å². The van der Waals surface area contributed by atoms with E-state index in [0.717, 1.165) is 70.0 Å². The van der Waals surface area contributed by atoms with Gasteiger partial charge < -0.3 is 40.2 Å². The molecule has 0 aliphatic carbocycles. The molecule has 12 nitrogen and oxygen atoms in total. The van der Waals surface area contributed by atoms with E-state index < -0.39 is 24.2 Å². The summed E-state index contributed by atoms with van der Waals surface area (Å²) in [5, 5.41) is 13.7. The number of likely N-dealkylation sites (N-methyl/N-ethyl adjacent to an activating group) is 2. The van der Waals surface area contributed by atoms with Crippen molar-refractivity contribution in [2.75, 3.05) is 27.2 Å². The summed E-state index contributed by atoms with van der Waals surface area (Å²) in [4.78, 5) is 58.6. The number of aryl methyl sites for hydroxylation is 2. The van der Waals surface area contributed by atoms with Gasteiger partial charge in [0.25, 0.3) is 0 Å². The van der Waals surface area contributed by atoms with Crippen molar-refractivity contribution in [2.24, 2.45) is 11.8 Å². The average molecular weight is 829 g/mol. The molecule has 0 bridgehead atoms.